The average molecular weight is 266 g/mol. The molecule has 0 aliphatic heterocycles. The SMILES string of the molecule is CC(=CCCNC(C)(C)C)Cc1cccc(Cl)c1. The van der Waals surface area contributed by atoms with Gasteiger partial charge in [0.15, 0.2) is 0 Å². The summed E-state index contributed by atoms with van der Waals surface area (Å²) in [5, 5.41) is 4.30. The van der Waals surface area contributed by atoms with Crippen molar-refractivity contribution in [3.63, 3.8) is 0 Å². The standard InChI is InChI=1S/C16H24ClN/c1-13(7-6-10-18-16(2,3)4)11-14-8-5-9-15(17)12-14/h5,7-9,12,18H,6,10-11H2,1-4H3. The van der Waals surface area contributed by atoms with E-state index in [9.17, 15) is 0 Å². The van der Waals surface area contributed by atoms with Crippen molar-refractivity contribution in [1.29, 1.82) is 0 Å². The fraction of sp³-hybridized carbons (Fsp3) is 0.500. The molecule has 0 saturated carbocycles. The van der Waals surface area contributed by atoms with Crippen LogP contribution in [0.3, 0.4) is 0 Å². The summed E-state index contributed by atoms with van der Waals surface area (Å²) in [5.74, 6) is 0. The van der Waals surface area contributed by atoms with Gasteiger partial charge in [0.2, 0.25) is 0 Å². The molecule has 0 spiro atoms. The van der Waals surface area contributed by atoms with Gasteiger partial charge >= 0.3 is 0 Å². The molecule has 0 aromatic heterocycles. The smallest absolute Gasteiger partial charge is 0.0408 e. The van der Waals surface area contributed by atoms with Crippen molar-refractivity contribution in [1.82, 2.24) is 5.32 Å². The van der Waals surface area contributed by atoms with Gasteiger partial charge in [-0.2, -0.15) is 0 Å². The largest absolute Gasteiger partial charge is 0.312 e. The van der Waals surface area contributed by atoms with Crippen LogP contribution in [0.4, 0.5) is 0 Å². The highest BCUT2D eigenvalue weighted by atomic mass is 35.5. The molecule has 1 nitrogen and oxygen atoms in total. The van der Waals surface area contributed by atoms with E-state index in [0.717, 1.165) is 24.4 Å². The summed E-state index contributed by atoms with van der Waals surface area (Å²) in [4.78, 5) is 0. The minimum absolute atomic E-state index is 0.203. The first-order valence-electron chi connectivity index (χ1n) is 6.52. The van der Waals surface area contributed by atoms with E-state index in [1.165, 1.54) is 11.1 Å². The van der Waals surface area contributed by atoms with Crippen LogP contribution in [0, 0.1) is 0 Å². The molecule has 1 aromatic carbocycles. The van der Waals surface area contributed by atoms with Gasteiger partial charge in [-0.1, -0.05) is 35.4 Å². The maximum Gasteiger partial charge on any atom is 0.0408 e. The van der Waals surface area contributed by atoms with Crippen molar-refractivity contribution in [3.05, 3.63) is 46.5 Å². The molecule has 0 aliphatic rings. The molecule has 0 bridgehead atoms. The molecule has 1 rings (SSSR count). The van der Waals surface area contributed by atoms with Crippen LogP contribution in [-0.4, -0.2) is 12.1 Å². The maximum absolute atomic E-state index is 5.98. The van der Waals surface area contributed by atoms with Crippen molar-refractivity contribution in [2.75, 3.05) is 6.54 Å². The summed E-state index contributed by atoms with van der Waals surface area (Å²) in [6.07, 6.45) is 4.36. The van der Waals surface area contributed by atoms with Crippen molar-refractivity contribution < 1.29 is 0 Å². The van der Waals surface area contributed by atoms with Gasteiger partial charge in [-0.05, 0) is 64.8 Å². The first-order valence-corrected chi connectivity index (χ1v) is 6.90. The monoisotopic (exact) mass is 265 g/mol. The molecule has 0 fully saturated rings. The zero-order valence-electron chi connectivity index (χ0n) is 11.9. The van der Waals surface area contributed by atoms with Gasteiger partial charge in [-0.3, -0.25) is 0 Å². The maximum atomic E-state index is 5.98. The number of benzene rings is 1. The van der Waals surface area contributed by atoms with Gasteiger partial charge in [-0.25, -0.2) is 0 Å². The zero-order chi connectivity index (χ0) is 13.6. The summed E-state index contributed by atoms with van der Waals surface area (Å²) >= 11 is 5.98. The second-order valence-electron chi connectivity index (χ2n) is 5.82. The number of rotatable bonds is 5. The van der Waals surface area contributed by atoms with Gasteiger partial charge in [0, 0.05) is 10.6 Å². The number of hydrogen-bond acceptors (Lipinski definition) is 1. The molecule has 2 heteroatoms. The fourth-order valence-electron chi connectivity index (χ4n) is 1.81. The number of allylic oxidation sites excluding steroid dienone is 1. The highest BCUT2D eigenvalue weighted by Gasteiger charge is 2.06. The van der Waals surface area contributed by atoms with Crippen molar-refractivity contribution in [2.45, 2.75) is 46.1 Å². The minimum atomic E-state index is 0.203. The van der Waals surface area contributed by atoms with Crippen LogP contribution < -0.4 is 5.32 Å². The predicted molar refractivity (Wildman–Crippen MR) is 81.3 cm³/mol. The Morgan fingerprint density at radius 2 is 2.06 bits per heavy atom. The lowest BCUT2D eigenvalue weighted by atomic mass is 10.1. The molecule has 0 radical (unpaired) electrons. The highest BCUT2D eigenvalue weighted by Crippen LogP contribution is 2.14. The Labute approximate surface area is 116 Å². The highest BCUT2D eigenvalue weighted by molar-refractivity contribution is 6.30. The number of hydrogen-bond donors (Lipinski definition) is 1. The Bertz CT molecular complexity index is 402. The molecule has 0 amide bonds. The van der Waals surface area contributed by atoms with Gasteiger partial charge in [0.25, 0.3) is 0 Å². The van der Waals surface area contributed by atoms with Crippen LogP contribution in [0.25, 0.3) is 0 Å². The van der Waals surface area contributed by atoms with Gasteiger partial charge in [-0.15, -0.1) is 0 Å². The Balaban J connectivity index is 2.38. The quantitative estimate of drug-likeness (QED) is 0.606. The third-order valence-electron chi connectivity index (χ3n) is 2.66. The zero-order valence-corrected chi connectivity index (χ0v) is 12.6. The molecule has 0 unspecified atom stereocenters. The molecular formula is C16H24ClN. The third-order valence-corrected chi connectivity index (χ3v) is 2.90. The second kappa shape index (κ2) is 6.96. The summed E-state index contributed by atoms with van der Waals surface area (Å²) in [5.41, 5.74) is 2.88. The normalized spacial score (nSPS) is 12.8. The van der Waals surface area contributed by atoms with Crippen LogP contribution in [0.15, 0.2) is 35.9 Å². The van der Waals surface area contributed by atoms with E-state index in [2.05, 4.69) is 45.2 Å². The van der Waals surface area contributed by atoms with Crippen LogP contribution in [-0.2, 0) is 6.42 Å². The summed E-state index contributed by atoms with van der Waals surface area (Å²) in [7, 11) is 0. The van der Waals surface area contributed by atoms with Gasteiger partial charge in [0.05, 0.1) is 0 Å². The van der Waals surface area contributed by atoms with E-state index in [0.29, 0.717) is 0 Å². The molecular weight excluding hydrogens is 242 g/mol. The first-order chi connectivity index (χ1) is 8.37. The molecule has 18 heavy (non-hydrogen) atoms. The van der Waals surface area contributed by atoms with E-state index in [4.69, 9.17) is 11.6 Å². The molecule has 0 aliphatic carbocycles. The minimum Gasteiger partial charge on any atom is -0.312 e. The summed E-state index contributed by atoms with van der Waals surface area (Å²) in [6.45, 7) is 9.77. The molecule has 0 atom stereocenters. The molecule has 1 aromatic rings. The number of nitrogens with one attached hydrogen (secondary N) is 1. The average Bonchev–Trinajstić information content (AvgIpc) is 2.23. The molecule has 1 N–H and O–H groups in total. The third kappa shape index (κ3) is 6.83. The van der Waals surface area contributed by atoms with Crippen molar-refractivity contribution >= 4 is 11.6 Å². The topological polar surface area (TPSA) is 12.0 Å². The predicted octanol–water partition coefficient (Wildman–Crippen LogP) is 4.61. The Hall–Kier alpha value is -0.790. The summed E-state index contributed by atoms with van der Waals surface area (Å²) in [6, 6.07) is 8.08. The van der Waals surface area contributed by atoms with Crippen molar-refractivity contribution in [2.24, 2.45) is 0 Å². The van der Waals surface area contributed by atoms with Crippen molar-refractivity contribution in [3.8, 4) is 0 Å². The van der Waals surface area contributed by atoms with Gasteiger partial charge < -0.3 is 5.32 Å². The van der Waals surface area contributed by atoms with Gasteiger partial charge in [0.1, 0.15) is 0 Å². The van der Waals surface area contributed by atoms with Crippen LogP contribution >= 0.6 is 11.6 Å². The lowest BCUT2D eigenvalue weighted by molar-refractivity contribution is 0.431. The molecule has 100 valence electrons. The van der Waals surface area contributed by atoms with Crippen LogP contribution in [0.1, 0.15) is 39.7 Å². The first kappa shape index (κ1) is 15.3. The Morgan fingerprint density at radius 1 is 1.33 bits per heavy atom. The molecule has 0 saturated heterocycles. The number of halogens is 1. The van der Waals surface area contributed by atoms with Crippen LogP contribution in [0.5, 0.6) is 0 Å². The van der Waals surface area contributed by atoms with E-state index in [-0.39, 0.29) is 5.54 Å². The van der Waals surface area contributed by atoms with Crippen LogP contribution in [0.2, 0.25) is 5.02 Å². The Morgan fingerprint density at radius 3 is 2.67 bits per heavy atom. The molecule has 0 heterocycles. The van der Waals surface area contributed by atoms with E-state index < -0.39 is 0 Å². The second-order valence-corrected chi connectivity index (χ2v) is 6.26. The van der Waals surface area contributed by atoms with E-state index in [1.807, 2.05) is 18.2 Å². The lowest BCUT2D eigenvalue weighted by Gasteiger charge is -2.19. The Kier molecular flexibility index (Phi) is 5.90. The summed E-state index contributed by atoms with van der Waals surface area (Å²) < 4.78 is 0. The fourth-order valence-corrected chi connectivity index (χ4v) is 2.02. The van der Waals surface area contributed by atoms with E-state index >= 15 is 0 Å². The lowest BCUT2D eigenvalue weighted by Crippen LogP contribution is -2.36. The van der Waals surface area contributed by atoms with E-state index in [1.54, 1.807) is 0 Å².